The normalized spacial score (nSPS) is 12.8. The monoisotopic (exact) mass is 650 g/mol. The van der Waals surface area contributed by atoms with E-state index >= 15 is 0 Å². The molecule has 263 valence electrons. The molecule has 0 spiro atoms. The van der Waals surface area contributed by atoms with E-state index in [0.29, 0.717) is 19.4 Å². The number of esters is 2. The van der Waals surface area contributed by atoms with Crippen molar-refractivity contribution in [2.24, 2.45) is 5.41 Å². The van der Waals surface area contributed by atoms with Crippen LogP contribution in [0.15, 0.2) is 24.3 Å². The zero-order chi connectivity index (χ0) is 33.9. The van der Waals surface area contributed by atoms with E-state index in [1.54, 1.807) is 0 Å². The molecule has 0 aliphatic rings. The van der Waals surface area contributed by atoms with E-state index in [-0.39, 0.29) is 30.2 Å². The van der Waals surface area contributed by atoms with Crippen molar-refractivity contribution in [2.75, 3.05) is 19.8 Å². The predicted octanol–water partition coefficient (Wildman–Crippen LogP) is 11.9. The summed E-state index contributed by atoms with van der Waals surface area (Å²) in [6, 6.07) is 0. The average Bonchev–Trinajstić information content (AvgIpc) is 2.99. The Hall–Kier alpha value is -1.40. The number of hydrogen-bond donors (Lipinski definition) is 0. The highest BCUT2D eigenvalue weighted by atomic mass is 28.4. The Morgan fingerprint density at radius 2 is 0.933 bits per heavy atom. The summed E-state index contributed by atoms with van der Waals surface area (Å²) in [5.41, 5.74) is -0.823. The van der Waals surface area contributed by atoms with Crippen molar-refractivity contribution in [1.29, 1.82) is 0 Å². The molecule has 0 heterocycles. The highest BCUT2D eigenvalue weighted by Crippen LogP contribution is 2.37. The Morgan fingerprint density at radius 3 is 1.31 bits per heavy atom. The largest absolute Gasteiger partial charge is 0.465 e. The second-order valence-corrected chi connectivity index (χ2v) is 19.5. The summed E-state index contributed by atoms with van der Waals surface area (Å²) in [6.45, 7) is 20.2. The number of carbonyl (C=O) groups excluding carboxylic acids is 2. The lowest BCUT2D eigenvalue weighted by Crippen LogP contribution is -2.46. The van der Waals surface area contributed by atoms with Gasteiger partial charge in [0.1, 0.15) is 13.2 Å². The second-order valence-electron chi connectivity index (χ2n) is 14.7. The van der Waals surface area contributed by atoms with Crippen LogP contribution in [0.3, 0.4) is 0 Å². The quantitative estimate of drug-likeness (QED) is 0.0349. The van der Waals surface area contributed by atoms with Crippen molar-refractivity contribution in [1.82, 2.24) is 0 Å². The summed E-state index contributed by atoms with van der Waals surface area (Å²) in [7, 11) is -2.05. The molecule has 0 amide bonds. The lowest BCUT2D eigenvalue weighted by Gasteiger charge is -2.39. The maximum atomic E-state index is 12.6. The number of rotatable bonds is 29. The van der Waals surface area contributed by atoms with Crippen molar-refractivity contribution in [3.63, 3.8) is 0 Å². The molecule has 0 unspecified atom stereocenters. The van der Waals surface area contributed by atoms with Gasteiger partial charge in [0.15, 0.2) is 8.32 Å². The smallest absolute Gasteiger partial charge is 0.305 e. The van der Waals surface area contributed by atoms with Crippen LogP contribution in [0.25, 0.3) is 0 Å². The van der Waals surface area contributed by atoms with Crippen LogP contribution in [0, 0.1) is 12.3 Å². The van der Waals surface area contributed by atoms with E-state index in [0.717, 1.165) is 51.4 Å². The molecule has 0 aliphatic heterocycles. The van der Waals surface area contributed by atoms with Gasteiger partial charge in [0.25, 0.3) is 0 Å². The predicted molar refractivity (Wildman–Crippen MR) is 195 cm³/mol. The van der Waals surface area contributed by atoms with Gasteiger partial charge in [-0.15, -0.1) is 0 Å². The van der Waals surface area contributed by atoms with Crippen LogP contribution >= 0.6 is 0 Å². The van der Waals surface area contributed by atoms with Gasteiger partial charge in [-0.1, -0.05) is 123 Å². The first-order valence-electron chi connectivity index (χ1n) is 18.5. The minimum atomic E-state index is -2.05. The molecular formula is C39H73O5Si. The average molecular weight is 650 g/mol. The first-order valence-corrected chi connectivity index (χ1v) is 21.4. The molecule has 0 N–H and O–H groups in total. The van der Waals surface area contributed by atoms with Crippen LogP contribution < -0.4 is 0 Å². The van der Waals surface area contributed by atoms with Gasteiger partial charge in [-0.25, -0.2) is 0 Å². The van der Waals surface area contributed by atoms with Crippen LogP contribution in [-0.2, 0) is 23.5 Å². The molecule has 1 radical (unpaired) electrons. The summed E-state index contributed by atoms with van der Waals surface area (Å²) < 4.78 is 17.8. The van der Waals surface area contributed by atoms with Crippen LogP contribution in [0.5, 0.6) is 0 Å². The van der Waals surface area contributed by atoms with Crippen LogP contribution in [0.4, 0.5) is 0 Å². The number of unbranched alkanes of at least 4 members (excludes halogenated alkanes) is 14. The zero-order valence-electron chi connectivity index (χ0n) is 30.8. The van der Waals surface area contributed by atoms with E-state index < -0.39 is 13.7 Å². The topological polar surface area (TPSA) is 61.8 Å². The van der Waals surface area contributed by atoms with Crippen molar-refractivity contribution >= 4 is 20.3 Å². The number of ether oxygens (including phenoxy) is 2. The van der Waals surface area contributed by atoms with Crippen LogP contribution in [-0.4, -0.2) is 40.1 Å². The summed E-state index contributed by atoms with van der Waals surface area (Å²) >= 11 is 0. The minimum absolute atomic E-state index is 0.0396. The molecule has 0 aromatic carbocycles. The van der Waals surface area contributed by atoms with Gasteiger partial charge in [-0.2, -0.15) is 0 Å². The molecule has 0 aromatic heterocycles. The molecule has 0 saturated carbocycles. The van der Waals surface area contributed by atoms with E-state index in [1.165, 1.54) is 64.2 Å². The summed E-state index contributed by atoms with van der Waals surface area (Å²) in [4.78, 5) is 25.1. The van der Waals surface area contributed by atoms with Crippen molar-refractivity contribution < 1.29 is 23.5 Å². The van der Waals surface area contributed by atoms with Crippen LogP contribution in [0.2, 0.25) is 18.1 Å². The van der Waals surface area contributed by atoms with Gasteiger partial charge < -0.3 is 13.9 Å². The molecule has 0 bridgehead atoms. The van der Waals surface area contributed by atoms with E-state index in [1.807, 2.05) is 0 Å². The van der Waals surface area contributed by atoms with Crippen molar-refractivity contribution in [3.8, 4) is 0 Å². The van der Waals surface area contributed by atoms with Gasteiger partial charge in [-0.3, -0.25) is 9.59 Å². The van der Waals surface area contributed by atoms with Gasteiger partial charge in [0, 0.05) is 19.4 Å². The van der Waals surface area contributed by atoms with Gasteiger partial charge in [0.2, 0.25) is 0 Å². The first kappa shape index (κ1) is 43.6. The molecular weight excluding hydrogens is 577 g/mol. The third-order valence-corrected chi connectivity index (χ3v) is 13.4. The highest BCUT2D eigenvalue weighted by Gasteiger charge is 2.40. The van der Waals surface area contributed by atoms with Gasteiger partial charge in [0.05, 0.1) is 5.41 Å². The minimum Gasteiger partial charge on any atom is -0.465 e. The van der Waals surface area contributed by atoms with Crippen molar-refractivity contribution in [2.45, 2.75) is 181 Å². The van der Waals surface area contributed by atoms with Crippen LogP contribution in [0.1, 0.15) is 163 Å². The maximum absolute atomic E-state index is 12.6. The Bertz CT molecular complexity index is 748. The molecule has 5 nitrogen and oxygen atoms in total. The first-order chi connectivity index (χ1) is 21.4. The Labute approximate surface area is 280 Å². The molecule has 0 fully saturated rings. The van der Waals surface area contributed by atoms with Crippen molar-refractivity contribution in [3.05, 3.63) is 31.2 Å². The van der Waals surface area contributed by atoms with Gasteiger partial charge >= 0.3 is 11.9 Å². The van der Waals surface area contributed by atoms with Gasteiger partial charge in [-0.05, 0) is 76.4 Å². The fourth-order valence-corrected chi connectivity index (χ4v) is 5.63. The summed E-state index contributed by atoms with van der Waals surface area (Å²) in [5.74, 6) is -0.422. The number of allylic oxidation sites excluding steroid dienone is 4. The summed E-state index contributed by atoms with van der Waals surface area (Å²) in [5, 5.41) is 0.0396. The summed E-state index contributed by atoms with van der Waals surface area (Å²) in [6.07, 6.45) is 30.6. The Kier molecular flexibility index (Phi) is 25.8. The molecule has 0 aliphatic carbocycles. The molecule has 0 atom stereocenters. The van der Waals surface area contributed by atoms with E-state index in [2.05, 4.69) is 78.9 Å². The molecule has 0 aromatic rings. The fraction of sp³-hybridized carbons (Fsp3) is 0.821. The van der Waals surface area contributed by atoms with E-state index in [4.69, 9.17) is 13.9 Å². The molecule has 0 saturated heterocycles. The lowest BCUT2D eigenvalue weighted by molar-refractivity contribution is -0.153. The zero-order valence-corrected chi connectivity index (χ0v) is 31.8. The Balaban J connectivity index is 4.51. The molecule has 0 rings (SSSR count). The molecule has 45 heavy (non-hydrogen) atoms. The third-order valence-electron chi connectivity index (χ3n) is 8.91. The number of carbonyl (C=O) groups is 2. The molecule has 6 heteroatoms. The highest BCUT2D eigenvalue weighted by molar-refractivity contribution is 6.74. The second kappa shape index (κ2) is 26.6. The third kappa shape index (κ3) is 25.4. The number of hydrogen-bond acceptors (Lipinski definition) is 5. The van der Waals surface area contributed by atoms with E-state index in [9.17, 15) is 9.59 Å². The Morgan fingerprint density at radius 1 is 0.578 bits per heavy atom. The SMILES string of the molecule is [CH2]C(COC(=O)CCCCCCC/C=C\CCCC)(COC(=O)CCCCCCC/C=C\CCCC)CO[Si](C)(C)C(C)(C)C. The maximum Gasteiger partial charge on any atom is 0.305 e. The lowest BCUT2D eigenvalue weighted by atomic mass is 9.94. The fourth-order valence-electron chi connectivity index (χ4n) is 4.53. The standard InChI is InChI=1S/C39H73O5Si/c1-9-11-13-15-17-19-21-23-25-27-29-31-36(40)42-33-39(6,35-44-45(7,8)38(3,4)5)34-43-37(41)32-30-28-26-24-22-20-18-16-14-12-10-2/h15-18H,6,9-14,19-35H2,1-5,7-8H3/b17-15-,18-16-.